The Balaban J connectivity index is 2.06. The molecule has 0 saturated heterocycles. The van der Waals surface area contributed by atoms with Crippen LogP contribution in [0.15, 0.2) is 47.5 Å². The number of nitrogens with one attached hydrogen (secondary N) is 1. The Kier molecular flexibility index (Phi) is 2.63. The summed E-state index contributed by atoms with van der Waals surface area (Å²) in [5.74, 6) is -0.217. The molecule has 96 valence electrons. The van der Waals surface area contributed by atoms with Gasteiger partial charge in [-0.25, -0.2) is 0 Å². The molecule has 0 bridgehead atoms. The molecule has 0 amide bonds. The monoisotopic (exact) mass is 254 g/mol. The Labute approximate surface area is 109 Å². The van der Waals surface area contributed by atoms with E-state index in [2.05, 4.69) is 11.1 Å². The van der Waals surface area contributed by atoms with Crippen LogP contribution >= 0.6 is 0 Å². The molecule has 0 fully saturated rings. The van der Waals surface area contributed by atoms with Crippen LogP contribution in [0.3, 0.4) is 0 Å². The molecular weight excluding hydrogens is 240 g/mol. The number of hydrogen-bond donors (Lipinski definition) is 2. The van der Waals surface area contributed by atoms with Crippen LogP contribution in [0.1, 0.15) is 11.3 Å². The van der Waals surface area contributed by atoms with E-state index in [1.807, 2.05) is 35.9 Å². The van der Waals surface area contributed by atoms with Crippen LogP contribution in [-0.4, -0.2) is 14.7 Å². The summed E-state index contributed by atoms with van der Waals surface area (Å²) < 4.78 is 1.87. The molecular formula is C15H14N2O2. The number of aryl methyl sites for hydroxylation is 1. The van der Waals surface area contributed by atoms with Gasteiger partial charge in [-0.15, -0.1) is 0 Å². The lowest BCUT2D eigenvalue weighted by molar-refractivity contribution is 0.461. The second kappa shape index (κ2) is 4.31. The van der Waals surface area contributed by atoms with E-state index in [0.29, 0.717) is 6.54 Å². The number of benzene rings is 1. The highest BCUT2D eigenvalue weighted by Gasteiger charge is 2.06. The number of H-pyrrole nitrogens is 1. The third kappa shape index (κ3) is 2.01. The van der Waals surface area contributed by atoms with Crippen molar-refractivity contribution in [1.29, 1.82) is 0 Å². The normalized spacial score (nSPS) is 11.0. The molecule has 19 heavy (non-hydrogen) atoms. The number of aromatic hydroxyl groups is 1. The van der Waals surface area contributed by atoms with Crippen LogP contribution in [0.5, 0.6) is 5.75 Å². The van der Waals surface area contributed by atoms with Crippen molar-refractivity contribution in [3.05, 3.63) is 64.2 Å². The van der Waals surface area contributed by atoms with Gasteiger partial charge in [0.05, 0.1) is 6.20 Å². The van der Waals surface area contributed by atoms with Gasteiger partial charge in [0, 0.05) is 35.4 Å². The maximum Gasteiger partial charge on any atom is 0.223 e. The first-order valence-corrected chi connectivity index (χ1v) is 6.10. The molecule has 4 heteroatoms. The van der Waals surface area contributed by atoms with Crippen molar-refractivity contribution in [3.63, 3.8) is 0 Å². The third-order valence-corrected chi connectivity index (χ3v) is 3.34. The van der Waals surface area contributed by atoms with E-state index in [0.717, 1.165) is 22.2 Å². The van der Waals surface area contributed by atoms with E-state index >= 15 is 0 Å². The minimum atomic E-state index is -0.340. The third-order valence-electron chi connectivity index (χ3n) is 3.34. The van der Waals surface area contributed by atoms with Gasteiger partial charge < -0.3 is 14.7 Å². The molecule has 3 aromatic rings. The summed E-state index contributed by atoms with van der Waals surface area (Å²) in [4.78, 5) is 14.6. The molecule has 2 N–H and O–H groups in total. The first-order valence-electron chi connectivity index (χ1n) is 6.10. The molecule has 0 unspecified atom stereocenters. The molecule has 1 aromatic carbocycles. The molecule has 2 aromatic heterocycles. The molecule has 4 nitrogen and oxygen atoms in total. The van der Waals surface area contributed by atoms with Crippen molar-refractivity contribution in [3.8, 4) is 5.75 Å². The van der Waals surface area contributed by atoms with Crippen molar-refractivity contribution in [2.75, 3.05) is 0 Å². The Bertz CT molecular complexity index is 799. The minimum Gasteiger partial charge on any atom is -0.503 e. The highest BCUT2D eigenvalue weighted by molar-refractivity contribution is 5.83. The van der Waals surface area contributed by atoms with Crippen LogP contribution in [0.2, 0.25) is 0 Å². The number of pyridine rings is 1. The van der Waals surface area contributed by atoms with Gasteiger partial charge in [-0.3, -0.25) is 4.79 Å². The fourth-order valence-corrected chi connectivity index (χ4v) is 2.28. The Morgan fingerprint density at radius 1 is 1.32 bits per heavy atom. The van der Waals surface area contributed by atoms with Gasteiger partial charge in [-0.1, -0.05) is 18.2 Å². The number of fused-ring (bicyclic) bond motifs is 1. The molecule has 0 aliphatic carbocycles. The highest BCUT2D eigenvalue weighted by Crippen LogP contribution is 2.19. The summed E-state index contributed by atoms with van der Waals surface area (Å²) in [7, 11) is 0. The van der Waals surface area contributed by atoms with Crippen LogP contribution in [0.4, 0.5) is 0 Å². The predicted octanol–water partition coefficient (Wildman–Crippen LogP) is 2.39. The average Bonchev–Trinajstić information content (AvgIpc) is 2.80. The van der Waals surface area contributed by atoms with E-state index in [-0.39, 0.29) is 11.2 Å². The Morgan fingerprint density at radius 3 is 2.95 bits per heavy atom. The minimum absolute atomic E-state index is 0.217. The Morgan fingerprint density at radius 2 is 2.11 bits per heavy atom. The van der Waals surface area contributed by atoms with Crippen molar-refractivity contribution >= 4 is 10.9 Å². The molecule has 0 atom stereocenters. The quantitative estimate of drug-likeness (QED) is 0.737. The number of hydrogen-bond acceptors (Lipinski definition) is 2. The first kappa shape index (κ1) is 11.6. The van der Waals surface area contributed by atoms with Crippen LogP contribution in [-0.2, 0) is 6.54 Å². The SMILES string of the molecule is Cc1cc(=O)c(O)cn1Cc1c[nH]c2ccccc12. The molecule has 0 spiro atoms. The van der Waals surface area contributed by atoms with Gasteiger partial charge in [0.15, 0.2) is 5.75 Å². The number of para-hydroxylation sites is 1. The predicted molar refractivity (Wildman–Crippen MR) is 74.5 cm³/mol. The fraction of sp³-hybridized carbons (Fsp3) is 0.133. The van der Waals surface area contributed by atoms with E-state index < -0.39 is 0 Å². The van der Waals surface area contributed by atoms with Crippen molar-refractivity contribution in [1.82, 2.24) is 9.55 Å². The van der Waals surface area contributed by atoms with Crippen molar-refractivity contribution in [2.45, 2.75) is 13.5 Å². The van der Waals surface area contributed by atoms with E-state index in [4.69, 9.17) is 0 Å². The van der Waals surface area contributed by atoms with Gasteiger partial charge >= 0.3 is 0 Å². The average molecular weight is 254 g/mol. The van der Waals surface area contributed by atoms with Gasteiger partial charge in [0.1, 0.15) is 0 Å². The number of aromatic nitrogens is 2. The second-order valence-corrected chi connectivity index (χ2v) is 4.65. The zero-order valence-electron chi connectivity index (χ0n) is 10.6. The summed E-state index contributed by atoms with van der Waals surface area (Å²) >= 11 is 0. The Hall–Kier alpha value is -2.49. The van der Waals surface area contributed by atoms with Crippen LogP contribution < -0.4 is 5.43 Å². The van der Waals surface area contributed by atoms with Crippen LogP contribution in [0, 0.1) is 6.92 Å². The fourth-order valence-electron chi connectivity index (χ4n) is 2.28. The zero-order chi connectivity index (χ0) is 13.4. The second-order valence-electron chi connectivity index (χ2n) is 4.65. The first-order chi connectivity index (χ1) is 9.15. The summed E-state index contributed by atoms with van der Waals surface area (Å²) in [6, 6.07) is 9.51. The molecule has 3 rings (SSSR count). The van der Waals surface area contributed by atoms with Gasteiger partial charge in [0.25, 0.3) is 0 Å². The molecule has 0 aliphatic rings. The lowest BCUT2D eigenvalue weighted by atomic mass is 10.1. The molecule has 0 saturated carbocycles. The summed E-state index contributed by atoms with van der Waals surface area (Å²) in [5, 5.41) is 10.7. The van der Waals surface area contributed by atoms with Gasteiger partial charge in [-0.2, -0.15) is 0 Å². The maximum absolute atomic E-state index is 11.3. The zero-order valence-corrected chi connectivity index (χ0v) is 10.6. The number of rotatable bonds is 2. The summed E-state index contributed by atoms with van der Waals surface area (Å²) in [6.45, 7) is 2.47. The maximum atomic E-state index is 11.3. The lowest BCUT2D eigenvalue weighted by Gasteiger charge is -2.10. The van der Waals surface area contributed by atoms with E-state index in [9.17, 15) is 9.90 Å². The molecule has 0 radical (unpaired) electrons. The van der Waals surface area contributed by atoms with Crippen LogP contribution in [0.25, 0.3) is 10.9 Å². The topological polar surface area (TPSA) is 58.0 Å². The molecule has 0 aliphatic heterocycles. The molecule has 2 heterocycles. The summed E-state index contributed by atoms with van der Waals surface area (Å²) in [6.07, 6.45) is 3.44. The van der Waals surface area contributed by atoms with Gasteiger partial charge in [-0.05, 0) is 18.6 Å². The van der Waals surface area contributed by atoms with Crippen molar-refractivity contribution in [2.24, 2.45) is 0 Å². The van der Waals surface area contributed by atoms with Gasteiger partial charge in [0.2, 0.25) is 5.43 Å². The smallest absolute Gasteiger partial charge is 0.223 e. The summed E-state index contributed by atoms with van der Waals surface area (Å²) in [5.41, 5.74) is 2.70. The number of aromatic amines is 1. The lowest BCUT2D eigenvalue weighted by Crippen LogP contribution is -2.10. The van der Waals surface area contributed by atoms with E-state index in [1.165, 1.54) is 12.3 Å². The standard InChI is InChI=1S/C15H14N2O2/c1-10-6-14(18)15(19)9-17(10)8-11-7-16-13-5-3-2-4-12(11)13/h2-7,9,16,19H,8H2,1H3. The number of nitrogens with zero attached hydrogens (tertiary/aromatic N) is 1. The van der Waals surface area contributed by atoms with E-state index in [1.54, 1.807) is 0 Å². The van der Waals surface area contributed by atoms with Crippen molar-refractivity contribution < 1.29 is 5.11 Å². The largest absolute Gasteiger partial charge is 0.503 e. The highest BCUT2D eigenvalue weighted by atomic mass is 16.3.